The number of sulfonamides is 1. The Bertz CT molecular complexity index is 606. The van der Waals surface area contributed by atoms with Gasteiger partial charge in [-0.05, 0) is 32.3 Å². The summed E-state index contributed by atoms with van der Waals surface area (Å²) in [5.74, 6) is -0.507. The lowest BCUT2D eigenvalue weighted by Gasteiger charge is -2.28. The summed E-state index contributed by atoms with van der Waals surface area (Å²) in [6.07, 6.45) is 2.17. The van der Waals surface area contributed by atoms with E-state index in [1.54, 1.807) is 13.8 Å². The third-order valence-electron chi connectivity index (χ3n) is 3.92. The molecule has 0 saturated heterocycles. The summed E-state index contributed by atoms with van der Waals surface area (Å²) in [7, 11) is -3.54. The number of hydrogen-bond donors (Lipinski definition) is 1. The fourth-order valence-corrected chi connectivity index (χ4v) is 3.75. The highest BCUT2D eigenvalue weighted by Gasteiger charge is 2.37. The van der Waals surface area contributed by atoms with E-state index in [9.17, 15) is 13.2 Å². The molecular weight excluding hydrogens is 302 g/mol. The average molecular weight is 325 g/mol. The van der Waals surface area contributed by atoms with E-state index in [1.807, 2.05) is 30.3 Å². The van der Waals surface area contributed by atoms with Crippen molar-refractivity contribution in [1.29, 1.82) is 0 Å². The van der Waals surface area contributed by atoms with Gasteiger partial charge < -0.3 is 4.74 Å². The van der Waals surface area contributed by atoms with Gasteiger partial charge in [0, 0.05) is 0 Å². The van der Waals surface area contributed by atoms with Crippen LogP contribution in [0.3, 0.4) is 0 Å². The van der Waals surface area contributed by atoms with Gasteiger partial charge in [-0.3, -0.25) is 9.52 Å². The molecule has 0 unspecified atom stereocenters. The van der Waals surface area contributed by atoms with Gasteiger partial charge in [0.1, 0.15) is 0 Å². The van der Waals surface area contributed by atoms with Crippen LogP contribution in [0.2, 0.25) is 0 Å². The molecule has 1 fully saturated rings. The molecule has 6 heteroatoms. The standard InChI is InChI=1S/C16H23NO4S/c1-16(2,12-21-11-13-7-4-3-5-8-13)15(18)17-22(19,20)14-9-6-10-14/h3-5,7-8,14H,6,9-12H2,1-2H3,(H,17,18). The van der Waals surface area contributed by atoms with E-state index in [0.29, 0.717) is 19.4 Å². The summed E-state index contributed by atoms with van der Waals surface area (Å²) in [6, 6.07) is 9.64. The molecule has 0 heterocycles. The predicted octanol–water partition coefficient (Wildman–Crippen LogP) is 2.23. The Labute approximate surface area is 132 Å². The quantitative estimate of drug-likeness (QED) is 0.834. The number of amides is 1. The van der Waals surface area contributed by atoms with Crippen molar-refractivity contribution in [2.45, 2.75) is 45.0 Å². The Balaban J connectivity index is 1.85. The molecule has 1 amide bonds. The Kier molecular flexibility index (Phi) is 5.24. The highest BCUT2D eigenvalue weighted by molar-refractivity contribution is 7.90. The van der Waals surface area contributed by atoms with E-state index in [-0.39, 0.29) is 6.61 Å². The van der Waals surface area contributed by atoms with Gasteiger partial charge in [0.15, 0.2) is 0 Å². The Hall–Kier alpha value is -1.40. The number of ether oxygens (including phenoxy) is 1. The summed E-state index contributed by atoms with van der Waals surface area (Å²) >= 11 is 0. The SMILES string of the molecule is CC(C)(COCc1ccccc1)C(=O)NS(=O)(=O)C1CCC1. The van der Waals surface area contributed by atoms with Crippen LogP contribution in [0.1, 0.15) is 38.7 Å². The first-order valence-corrected chi connectivity index (χ1v) is 9.04. The molecule has 0 aliphatic heterocycles. The van der Waals surface area contributed by atoms with Crippen LogP contribution < -0.4 is 4.72 Å². The van der Waals surface area contributed by atoms with Gasteiger partial charge in [-0.15, -0.1) is 0 Å². The van der Waals surface area contributed by atoms with Crippen molar-refractivity contribution >= 4 is 15.9 Å². The van der Waals surface area contributed by atoms with Crippen LogP contribution in [0.15, 0.2) is 30.3 Å². The highest BCUT2D eigenvalue weighted by atomic mass is 32.2. The minimum Gasteiger partial charge on any atom is -0.376 e. The average Bonchev–Trinajstić information content (AvgIpc) is 2.36. The van der Waals surface area contributed by atoms with E-state index in [2.05, 4.69) is 4.72 Å². The number of rotatable bonds is 7. The molecule has 1 aliphatic rings. The first kappa shape index (κ1) is 17.0. The van der Waals surface area contributed by atoms with E-state index >= 15 is 0 Å². The molecule has 122 valence electrons. The van der Waals surface area contributed by atoms with Crippen LogP contribution in [0.5, 0.6) is 0 Å². The van der Waals surface area contributed by atoms with Gasteiger partial charge in [0.05, 0.1) is 23.9 Å². The number of benzene rings is 1. The van der Waals surface area contributed by atoms with Crippen molar-refractivity contribution in [2.75, 3.05) is 6.61 Å². The van der Waals surface area contributed by atoms with Gasteiger partial charge in [-0.1, -0.05) is 36.8 Å². The molecule has 1 aromatic rings. The first-order valence-electron chi connectivity index (χ1n) is 7.49. The zero-order valence-corrected chi connectivity index (χ0v) is 13.9. The largest absolute Gasteiger partial charge is 0.376 e. The highest BCUT2D eigenvalue weighted by Crippen LogP contribution is 2.26. The van der Waals surface area contributed by atoms with Gasteiger partial charge in [0.25, 0.3) is 0 Å². The number of nitrogens with one attached hydrogen (secondary N) is 1. The van der Waals surface area contributed by atoms with Gasteiger partial charge in [-0.2, -0.15) is 0 Å². The second-order valence-corrected chi connectivity index (χ2v) is 8.35. The van der Waals surface area contributed by atoms with Gasteiger partial charge in [-0.25, -0.2) is 8.42 Å². The molecule has 1 N–H and O–H groups in total. The lowest BCUT2D eigenvalue weighted by atomic mass is 9.94. The molecule has 0 aromatic heterocycles. The third kappa shape index (κ3) is 4.30. The molecule has 0 bridgehead atoms. The second kappa shape index (κ2) is 6.79. The van der Waals surface area contributed by atoms with Gasteiger partial charge >= 0.3 is 0 Å². The first-order chi connectivity index (χ1) is 10.3. The molecule has 0 radical (unpaired) electrons. The van der Waals surface area contributed by atoms with Crippen LogP contribution >= 0.6 is 0 Å². The molecule has 1 saturated carbocycles. The maximum Gasteiger partial charge on any atom is 0.241 e. The minimum atomic E-state index is -3.54. The van der Waals surface area contributed by atoms with E-state index < -0.39 is 26.6 Å². The van der Waals surface area contributed by atoms with Gasteiger partial charge in [0.2, 0.25) is 15.9 Å². The van der Waals surface area contributed by atoms with Crippen molar-refractivity contribution in [3.63, 3.8) is 0 Å². The molecular formula is C16H23NO4S. The lowest BCUT2D eigenvalue weighted by molar-refractivity contribution is -0.130. The number of carbonyl (C=O) groups excluding carboxylic acids is 1. The topological polar surface area (TPSA) is 72.5 Å². The maximum atomic E-state index is 12.2. The summed E-state index contributed by atoms with van der Waals surface area (Å²) in [5.41, 5.74) is 0.117. The molecule has 1 aromatic carbocycles. The zero-order valence-electron chi connectivity index (χ0n) is 13.0. The zero-order chi connectivity index (χ0) is 16.2. The third-order valence-corrected chi connectivity index (χ3v) is 5.73. The van der Waals surface area contributed by atoms with Crippen LogP contribution in [0.25, 0.3) is 0 Å². The van der Waals surface area contributed by atoms with Crippen molar-refractivity contribution in [2.24, 2.45) is 5.41 Å². The van der Waals surface area contributed by atoms with Crippen LogP contribution in [0, 0.1) is 5.41 Å². The summed E-state index contributed by atoms with van der Waals surface area (Å²) in [6.45, 7) is 3.92. The minimum absolute atomic E-state index is 0.161. The van der Waals surface area contributed by atoms with Crippen molar-refractivity contribution in [3.05, 3.63) is 35.9 Å². The number of hydrogen-bond acceptors (Lipinski definition) is 4. The lowest BCUT2D eigenvalue weighted by Crippen LogP contribution is -2.47. The second-order valence-electron chi connectivity index (χ2n) is 6.39. The molecule has 0 atom stereocenters. The van der Waals surface area contributed by atoms with Crippen LogP contribution in [-0.2, 0) is 26.2 Å². The smallest absolute Gasteiger partial charge is 0.241 e. The molecule has 1 aliphatic carbocycles. The number of carbonyl (C=O) groups is 1. The van der Waals surface area contributed by atoms with E-state index in [4.69, 9.17) is 4.74 Å². The predicted molar refractivity (Wildman–Crippen MR) is 84.6 cm³/mol. The normalized spacial score (nSPS) is 16.1. The Morgan fingerprint density at radius 3 is 2.45 bits per heavy atom. The van der Waals surface area contributed by atoms with Crippen molar-refractivity contribution in [3.8, 4) is 0 Å². The summed E-state index contributed by atoms with van der Waals surface area (Å²) < 4.78 is 31.8. The van der Waals surface area contributed by atoms with Crippen molar-refractivity contribution in [1.82, 2.24) is 4.72 Å². The van der Waals surface area contributed by atoms with Crippen LogP contribution in [0.4, 0.5) is 0 Å². The van der Waals surface area contributed by atoms with Crippen LogP contribution in [-0.4, -0.2) is 26.2 Å². The molecule has 22 heavy (non-hydrogen) atoms. The molecule has 5 nitrogen and oxygen atoms in total. The monoisotopic (exact) mass is 325 g/mol. The fourth-order valence-electron chi connectivity index (χ4n) is 2.10. The Morgan fingerprint density at radius 1 is 1.27 bits per heavy atom. The van der Waals surface area contributed by atoms with E-state index in [1.165, 1.54) is 0 Å². The fraction of sp³-hybridized carbons (Fsp3) is 0.562. The Morgan fingerprint density at radius 2 is 1.91 bits per heavy atom. The summed E-state index contributed by atoms with van der Waals surface area (Å²) in [4.78, 5) is 12.2. The molecule has 0 spiro atoms. The molecule has 2 rings (SSSR count). The summed E-state index contributed by atoms with van der Waals surface area (Å²) in [5, 5.41) is -0.419. The van der Waals surface area contributed by atoms with E-state index in [0.717, 1.165) is 12.0 Å². The maximum absolute atomic E-state index is 12.2. The van der Waals surface area contributed by atoms with Crippen molar-refractivity contribution < 1.29 is 17.9 Å².